The summed E-state index contributed by atoms with van der Waals surface area (Å²) in [5, 5.41) is 0. The van der Waals surface area contributed by atoms with Gasteiger partial charge in [0, 0.05) is 24.8 Å². The van der Waals surface area contributed by atoms with Gasteiger partial charge in [-0.05, 0) is 57.7 Å². The number of pyridine rings is 1. The van der Waals surface area contributed by atoms with Gasteiger partial charge in [0.2, 0.25) is 0 Å². The fourth-order valence-corrected chi connectivity index (χ4v) is 2.80. The molecule has 1 fully saturated rings. The van der Waals surface area contributed by atoms with Gasteiger partial charge < -0.3 is 5.73 Å². The maximum atomic E-state index is 5.69. The summed E-state index contributed by atoms with van der Waals surface area (Å²) >= 11 is 0. The number of hydrogen-bond acceptors (Lipinski definition) is 3. The molecule has 1 aliphatic heterocycles. The van der Waals surface area contributed by atoms with Gasteiger partial charge >= 0.3 is 0 Å². The van der Waals surface area contributed by atoms with Gasteiger partial charge in [0.05, 0.1) is 5.69 Å². The van der Waals surface area contributed by atoms with Gasteiger partial charge in [-0.25, -0.2) is 0 Å². The molecule has 1 aliphatic rings. The number of hydrogen-bond donors (Lipinski definition) is 1. The van der Waals surface area contributed by atoms with Gasteiger partial charge in [-0.15, -0.1) is 0 Å². The monoisotopic (exact) mass is 247 g/mol. The Labute approximate surface area is 110 Å². The molecule has 3 nitrogen and oxygen atoms in total. The summed E-state index contributed by atoms with van der Waals surface area (Å²) in [5.41, 5.74) is 7.14. The van der Waals surface area contributed by atoms with Crippen molar-refractivity contribution in [3.63, 3.8) is 0 Å². The number of nitrogens with two attached hydrogens (primary N) is 1. The quantitative estimate of drug-likeness (QED) is 0.888. The Bertz CT molecular complexity index is 361. The van der Waals surface area contributed by atoms with Gasteiger partial charge in [0.1, 0.15) is 0 Å². The number of aromatic nitrogens is 1. The molecule has 0 aromatic carbocycles. The summed E-state index contributed by atoms with van der Waals surface area (Å²) in [7, 11) is 0. The molecule has 0 radical (unpaired) electrons. The fraction of sp³-hybridized carbons (Fsp3) is 0.667. The van der Waals surface area contributed by atoms with Crippen LogP contribution in [0.5, 0.6) is 0 Å². The molecule has 1 unspecified atom stereocenters. The Kier molecular flexibility index (Phi) is 4.36. The van der Waals surface area contributed by atoms with Crippen LogP contribution in [-0.2, 0) is 6.54 Å². The highest BCUT2D eigenvalue weighted by atomic mass is 15.2. The third-order valence-corrected chi connectivity index (χ3v) is 4.15. The van der Waals surface area contributed by atoms with Crippen LogP contribution in [0.4, 0.5) is 0 Å². The molecule has 1 aromatic heterocycles. The van der Waals surface area contributed by atoms with Crippen molar-refractivity contribution in [2.45, 2.75) is 45.2 Å². The van der Waals surface area contributed by atoms with Crippen LogP contribution >= 0.6 is 0 Å². The molecule has 2 rings (SSSR count). The molecule has 2 heterocycles. The summed E-state index contributed by atoms with van der Waals surface area (Å²) in [6.07, 6.45) is 5.59. The molecule has 0 bridgehead atoms. The Morgan fingerprint density at radius 2 is 2.28 bits per heavy atom. The van der Waals surface area contributed by atoms with E-state index in [0.29, 0.717) is 0 Å². The van der Waals surface area contributed by atoms with E-state index in [0.717, 1.165) is 32.0 Å². The molecule has 0 saturated carbocycles. The van der Waals surface area contributed by atoms with Crippen molar-refractivity contribution in [1.29, 1.82) is 0 Å². The number of piperidine rings is 1. The standard InChI is InChI=1S/C15H25N3/c1-15(2)8-6-13(7-9-16)11-18(15)12-14-5-3-4-10-17-14/h3-5,10,13H,6-9,11-12,16H2,1-2H3. The third kappa shape index (κ3) is 3.30. The van der Waals surface area contributed by atoms with Crippen LogP contribution < -0.4 is 5.73 Å². The first-order valence-electron chi connectivity index (χ1n) is 6.97. The first-order valence-corrected chi connectivity index (χ1v) is 6.97. The Hall–Kier alpha value is -0.930. The second kappa shape index (κ2) is 5.81. The average Bonchev–Trinajstić information content (AvgIpc) is 2.35. The van der Waals surface area contributed by atoms with Crippen LogP contribution in [0, 0.1) is 5.92 Å². The van der Waals surface area contributed by atoms with Gasteiger partial charge in [0.15, 0.2) is 0 Å². The van der Waals surface area contributed by atoms with E-state index in [9.17, 15) is 0 Å². The van der Waals surface area contributed by atoms with E-state index >= 15 is 0 Å². The van der Waals surface area contributed by atoms with Gasteiger partial charge in [-0.3, -0.25) is 9.88 Å². The highest BCUT2D eigenvalue weighted by Gasteiger charge is 2.33. The van der Waals surface area contributed by atoms with Crippen LogP contribution in [0.25, 0.3) is 0 Å². The first kappa shape index (κ1) is 13.5. The lowest BCUT2D eigenvalue weighted by Gasteiger charge is -2.45. The summed E-state index contributed by atoms with van der Waals surface area (Å²) < 4.78 is 0. The molecular formula is C15H25N3. The predicted octanol–water partition coefficient (Wildman–Crippen LogP) is 2.42. The van der Waals surface area contributed by atoms with Crippen molar-refractivity contribution in [2.75, 3.05) is 13.1 Å². The number of rotatable bonds is 4. The van der Waals surface area contributed by atoms with E-state index < -0.39 is 0 Å². The largest absolute Gasteiger partial charge is 0.330 e. The van der Waals surface area contributed by atoms with Crippen LogP contribution in [0.3, 0.4) is 0 Å². The Morgan fingerprint density at radius 3 is 2.94 bits per heavy atom. The number of likely N-dealkylation sites (tertiary alicyclic amines) is 1. The molecule has 0 amide bonds. The summed E-state index contributed by atoms with van der Waals surface area (Å²) in [6.45, 7) is 7.60. The molecule has 2 N–H and O–H groups in total. The molecule has 1 saturated heterocycles. The predicted molar refractivity (Wildman–Crippen MR) is 75.1 cm³/mol. The molecule has 3 heteroatoms. The molecule has 1 aromatic rings. The smallest absolute Gasteiger partial charge is 0.0544 e. The summed E-state index contributed by atoms with van der Waals surface area (Å²) in [5.74, 6) is 0.756. The summed E-state index contributed by atoms with van der Waals surface area (Å²) in [6, 6.07) is 6.15. The number of nitrogens with zero attached hydrogens (tertiary/aromatic N) is 2. The minimum absolute atomic E-state index is 0.280. The van der Waals surface area contributed by atoms with Crippen molar-refractivity contribution in [2.24, 2.45) is 11.7 Å². The second-order valence-corrected chi connectivity index (χ2v) is 6.00. The maximum Gasteiger partial charge on any atom is 0.0544 e. The maximum absolute atomic E-state index is 5.69. The van der Waals surface area contributed by atoms with E-state index in [4.69, 9.17) is 5.73 Å². The SMILES string of the molecule is CC1(C)CCC(CCN)CN1Cc1ccccn1. The van der Waals surface area contributed by atoms with Gasteiger partial charge in [-0.1, -0.05) is 6.07 Å². The zero-order valence-electron chi connectivity index (χ0n) is 11.6. The van der Waals surface area contributed by atoms with Crippen LogP contribution in [0.1, 0.15) is 38.8 Å². The molecule has 100 valence electrons. The Morgan fingerprint density at radius 1 is 1.44 bits per heavy atom. The zero-order chi connectivity index (χ0) is 13.0. The van der Waals surface area contributed by atoms with E-state index in [1.54, 1.807) is 0 Å². The van der Waals surface area contributed by atoms with Crippen molar-refractivity contribution in [1.82, 2.24) is 9.88 Å². The van der Waals surface area contributed by atoms with Crippen molar-refractivity contribution >= 4 is 0 Å². The lowest BCUT2D eigenvalue weighted by Crippen LogP contribution is -2.50. The highest BCUT2D eigenvalue weighted by Crippen LogP contribution is 2.32. The van der Waals surface area contributed by atoms with Gasteiger partial charge in [-0.2, -0.15) is 0 Å². The van der Waals surface area contributed by atoms with Crippen LogP contribution in [0.2, 0.25) is 0 Å². The second-order valence-electron chi connectivity index (χ2n) is 6.00. The minimum atomic E-state index is 0.280. The van der Waals surface area contributed by atoms with Crippen LogP contribution in [-0.4, -0.2) is 28.5 Å². The van der Waals surface area contributed by atoms with E-state index in [-0.39, 0.29) is 5.54 Å². The van der Waals surface area contributed by atoms with E-state index in [1.807, 2.05) is 12.3 Å². The minimum Gasteiger partial charge on any atom is -0.330 e. The third-order valence-electron chi connectivity index (χ3n) is 4.15. The van der Waals surface area contributed by atoms with E-state index in [1.165, 1.54) is 18.5 Å². The van der Waals surface area contributed by atoms with Crippen LogP contribution in [0.15, 0.2) is 24.4 Å². The first-order chi connectivity index (χ1) is 8.62. The topological polar surface area (TPSA) is 42.1 Å². The fourth-order valence-electron chi connectivity index (χ4n) is 2.80. The molecule has 18 heavy (non-hydrogen) atoms. The Balaban J connectivity index is 2.03. The lowest BCUT2D eigenvalue weighted by molar-refractivity contribution is 0.0351. The van der Waals surface area contributed by atoms with Crippen molar-refractivity contribution < 1.29 is 0 Å². The zero-order valence-corrected chi connectivity index (χ0v) is 11.6. The average molecular weight is 247 g/mol. The normalized spacial score (nSPS) is 24.1. The van der Waals surface area contributed by atoms with Gasteiger partial charge in [0.25, 0.3) is 0 Å². The lowest BCUT2D eigenvalue weighted by atomic mass is 9.83. The highest BCUT2D eigenvalue weighted by molar-refractivity contribution is 5.05. The van der Waals surface area contributed by atoms with Crippen molar-refractivity contribution in [3.8, 4) is 0 Å². The molecule has 0 spiro atoms. The summed E-state index contributed by atoms with van der Waals surface area (Å²) in [4.78, 5) is 7.01. The molecular weight excluding hydrogens is 222 g/mol. The van der Waals surface area contributed by atoms with Crippen molar-refractivity contribution in [3.05, 3.63) is 30.1 Å². The molecule has 1 atom stereocenters. The molecule has 0 aliphatic carbocycles. The van der Waals surface area contributed by atoms with E-state index in [2.05, 4.69) is 35.9 Å².